The van der Waals surface area contributed by atoms with Gasteiger partial charge in [0.05, 0.1) is 0 Å². The molecule has 0 aliphatic carbocycles. The van der Waals surface area contributed by atoms with Crippen molar-refractivity contribution in [2.24, 2.45) is 5.92 Å². The Bertz CT molecular complexity index is 187. The Morgan fingerprint density at radius 1 is 1.62 bits per heavy atom. The van der Waals surface area contributed by atoms with E-state index in [9.17, 15) is 4.39 Å². The predicted molar refractivity (Wildman–Crippen MR) is 54.5 cm³/mol. The Kier molecular flexibility index (Phi) is 3.91. The van der Waals surface area contributed by atoms with Gasteiger partial charge in [0.25, 0.3) is 0 Å². The monoisotopic (exact) mass is 185 g/mol. The second-order valence-corrected chi connectivity index (χ2v) is 4.22. The van der Waals surface area contributed by atoms with Crippen LogP contribution in [0.5, 0.6) is 0 Å². The first-order chi connectivity index (χ1) is 6.15. The lowest BCUT2D eigenvalue weighted by Gasteiger charge is -2.21. The summed E-state index contributed by atoms with van der Waals surface area (Å²) >= 11 is 0. The fourth-order valence-electron chi connectivity index (χ4n) is 1.79. The van der Waals surface area contributed by atoms with E-state index >= 15 is 0 Å². The van der Waals surface area contributed by atoms with Crippen molar-refractivity contribution in [3.8, 4) is 0 Å². The molecular weight excluding hydrogens is 165 g/mol. The summed E-state index contributed by atoms with van der Waals surface area (Å²) in [6.45, 7) is 5.11. The number of nitrogens with zero attached hydrogens (tertiary/aromatic N) is 1. The molecule has 0 N–H and O–H groups in total. The van der Waals surface area contributed by atoms with Crippen molar-refractivity contribution in [2.45, 2.75) is 32.7 Å². The van der Waals surface area contributed by atoms with E-state index in [2.05, 4.69) is 24.8 Å². The van der Waals surface area contributed by atoms with Gasteiger partial charge in [0.2, 0.25) is 0 Å². The summed E-state index contributed by atoms with van der Waals surface area (Å²) in [4.78, 5) is 2.11. The standard InChI is InChI=1S/C11H20FN/c1-9(2)10-4-5-11(8-12)13(3)7-6-10/h6,9,11H,4-5,7-8H2,1-3H3/t11-/m1/s1. The van der Waals surface area contributed by atoms with Gasteiger partial charge in [-0.05, 0) is 25.8 Å². The molecule has 13 heavy (non-hydrogen) atoms. The van der Waals surface area contributed by atoms with E-state index in [1.807, 2.05) is 7.05 Å². The SMILES string of the molecule is CC(C)C1=CCN(C)[C@@H](CF)CC1. The van der Waals surface area contributed by atoms with Crippen LogP contribution in [0.2, 0.25) is 0 Å². The topological polar surface area (TPSA) is 3.24 Å². The van der Waals surface area contributed by atoms with Crippen molar-refractivity contribution >= 4 is 0 Å². The fraction of sp³-hybridized carbons (Fsp3) is 0.818. The quantitative estimate of drug-likeness (QED) is 0.598. The van der Waals surface area contributed by atoms with Crippen molar-refractivity contribution in [3.05, 3.63) is 11.6 Å². The second kappa shape index (κ2) is 4.75. The molecule has 1 aliphatic rings. The van der Waals surface area contributed by atoms with Gasteiger partial charge in [0.1, 0.15) is 6.67 Å². The Morgan fingerprint density at radius 3 is 2.85 bits per heavy atom. The first-order valence-corrected chi connectivity index (χ1v) is 5.10. The minimum atomic E-state index is -0.213. The molecule has 0 saturated heterocycles. The lowest BCUT2D eigenvalue weighted by atomic mass is 9.97. The summed E-state index contributed by atoms with van der Waals surface area (Å²) in [6.07, 6.45) is 4.30. The van der Waals surface area contributed by atoms with Gasteiger partial charge in [-0.2, -0.15) is 0 Å². The third-order valence-electron chi connectivity index (χ3n) is 2.95. The molecule has 0 amide bonds. The summed E-state index contributed by atoms with van der Waals surface area (Å²) < 4.78 is 12.6. The van der Waals surface area contributed by atoms with Crippen LogP contribution in [-0.2, 0) is 0 Å². The van der Waals surface area contributed by atoms with Crippen molar-refractivity contribution in [2.75, 3.05) is 20.3 Å². The molecular formula is C11H20FN. The van der Waals surface area contributed by atoms with Gasteiger partial charge >= 0.3 is 0 Å². The van der Waals surface area contributed by atoms with E-state index in [1.165, 1.54) is 5.57 Å². The maximum absolute atomic E-state index is 12.6. The third kappa shape index (κ3) is 2.80. The molecule has 0 spiro atoms. The van der Waals surface area contributed by atoms with Gasteiger partial charge in [0, 0.05) is 12.6 Å². The molecule has 2 heteroatoms. The molecule has 0 bridgehead atoms. The van der Waals surface area contributed by atoms with Gasteiger partial charge in [-0.3, -0.25) is 4.90 Å². The van der Waals surface area contributed by atoms with E-state index in [0.717, 1.165) is 19.4 Å². The van der Waals surface area contributed by atoms with Crippen molar-refractivity contribution < 1.29 is 4.39 Å². The highest BCUT2D eigenvalue weighted by atomic mass is 19.1. The number of likely N-dealkylation sites (N-methyl/N-ethyl adjacent to an activating group) is 1. The van der Waals surface area contributed by atoms with Crippen LogP contribution in [0.4, 0.5) is 4.39 Å². The minimum absolute atomic E-state index is 0.132. The highest BCUT2D eigenvalue weighted by Crippen LogP contribution is 2.22. The summed E-state index contributed by atoms with van der Waals surface area (Å²) in [5.74, 6) is 0.617. The molecule has 1 aliphatic heterocycles. The lowest BCUT2D eigenvalue weighted by Crippen LogP contribution is -2.32. The van der Waals surface area contributed by atoms with Gasteiger partial charge < -0.3 is 0 Å². The van der Waals surface area contributed by atoms with Crippen molar-refractivity contribution in [3.63, 3.8) is 0 Å². The Balaban J connectivity index is 2.58. The van der Waals surface area contributed by atoms with E-state index in [-0.39, 0.29) is 12.7 Å². The van der Waals surface area contributed by atoms with Crippen molar-refractivity contribution in [1.29, 1.82) is 0 Å². The average Bonchev–Trinajstić information content (AvgIpc) is 2.27. The zero-order valence-electron chi connectivity index (χ0n) is 8.89. The zero-order valence-corrected chi connectivity index (χ0v) is 8.89. The average molecular weight is 185 g/mol. The van der Waals surface area contributed by atoms with E-state index < -0.39 is 0 Å². The molecule has 0 unspecified atom stereocenters. The van der Waals surface area contributed by atoms with Crippen LogP contribution >= 0.6 is 0 Å². The molecule has 76 valence electrons. The molecule has 0 saturated carbocycles. The zero-order chi connectivity index (χ0) is 9.84. The molecule has 0 fully saturated rings. The highest BCUT2D eigenvalue weighted by Gasteiger charge is 2.18. The summed E-state index contributed by atoms with van der Waals surface area (Å²) in [5, 5.41) is 0. The normalized spacial score (nSPS) is 25.9. The highest BCUT2D eigenvalue weighted by molar-refractivity contribution is 5.08. The fourth-order valence-corrected chi connectivity index (χ4v) is 1.79. The van der Waals surface area contributed by atoms with Crippen LogP contribution < -0.4 is 0 Å². The number of rotatable bonds is 2. The van der Waals surface area contributed by atoms with Crippen molar-refractivity contribution in [1.82, 2.24) is 4.90 Å². The molecule has 0 radical (unpaired) electrons. The molecule has 0 aromatic carbocycles. The minimum Gasteiger partial charge on any atom is -0.297 e. The second-order valence-electron chi connectivity index (χ2n) is 4.22. The molecule has 1 atom stereocenters. The van der Waals surface area contributed by atoms with Crippen LogP contribution in [0.3, 0.4) is 0 Å². The Morgan fingerprint density at radius 2 is 2.31 bits per heavy atom. The molecule has 1 nitrogen and oxygen atoms in total. The van der Waals surface area contributed by atoms with Gasteiger partial charge in [-0.15, -0.1) is 0 Å². The maximum Gasteiger partial charge on any atom is 0.105 e. The first-order valence-electron chi connectivity index (χ1n) is 5.10. The number of hydrogen-bond donors (Lipinski definition) is 0. The third-order valence-corrected chi connectivity index (χ3v) is 2.95. The van der Waals surface area contributed by atoms with Crippen LogP contribution in [0.15, 0.2) is 11.6 Å². The Labute approximate surface area is 80.6 Å². The van der Waals surface area contributed by atoms with Gasteiger partial charge in [0.15, 0.2) is 0 Å². The van der Waals surface area contributed by atoms with Gasteiger partial charge in [-0.25, -0.2) is 4.39 Å². The summed E-state index contributed by atoms with van der Waals surface area (Å²) in [7, 11) is 2.00. The van der Waals surface area contributed by atoms with Gasteiger partial charge in [-0.1, -0.05) is 25.5 Å². The molecule has 1 heterocycles. The lowest BCUT2D eigenvalue weighted by molar-refractivity contribution is 0.213. The molecule has 0 aromatic rings. The summed E-state index contributed by atoms with van der Waals surface area (Å²) in [5.41, 5.74) is 1.49. The maximum atomic E-state index is 12.6. The van der Waals surface area contributed by atoms with Crippen LogP contribution in [0, 0.1) is 5.92 Å². The number of hydrogen-bond acceptors (Lipinski definition) is 1. The predicted octanol–water partition coefficient (Wildman–Crippen LogP) is 2.63. The first kappa shape index (κ1) is 10.7. The van der Waals surface area contributed by atoms with Crippen LogP contribution in [0.1, 0.15) is 26.7 Å². The van der Waals surface area contributed by atoms with E-state index in [4.69, 9.17) is 0 Å². The summed E-state index contributed by atoms with van der Waals surface area (Å²) in [6, 6.07) is 0.132. The number of allylic oxidation sites excluding steroid dienone is 1. The largest absolute Gasteiger partial charge is 0.297 e. The number of halogens is 1. The smallest absolute Gasteiger partial charge is 0.105 e. The van der Waals surface area contributed by atoms with E-state index in [0.29, 0.717) is 5.92 Å². The van der Waals surface area contributed by atoms with Crippen LogP contribution in [-0.4, -0.2) is 31.2 Å². The Hall–Kier alpha value is -0.370. The van der Waals surface area contributed by atoms with E-state index in [1.54, 1.807) is 0 Å². The van der Waals surface area contributed by atoms with Crippen LogP contribution in [0.25, 0.3) is 0 Å². The molecule has 1 rings (SSSR count). The number of alkyl halides is 1. The molecule has 0 aromatic heterocycles.